The first kappa shape index (κ1) is 18.1. The predicted molar refractivity (Wildman–Crippen MR) is 106 cm³/mol. The van der Waals surface area contributed by atoms with Crippen LogP contribution >= 0.6 is 0 Å². The Kier molecular flexibility index (Phi) is 4.49. The Hall–Kier alpha value is -2.29. The van der Waals surface area contributed by atoms with Crippen molar-refractivity contribution in [3.8, 4) is 0 Å². The Morgan fingerprint density at radius 3 is 2.30 bits per heavy atom. The van der Waals surface area contributed by atoms with Crippen LogP contribution in [0.1, 0.15) is 61.8 Å². The molecule has 1 heterocycles. The van der Waals surface area contributed by atoms with E-state index in [4.69, 9.17) is 9.47 Å². The quantitative estimate of drug-likeness (QED) is 0.652. The molecule has 5 atom stereocenters. The SMILES string of the molecule is CC[C@@H]1c2ccccc2[C@@](CC)(c2ccccc2C)[C@@H]2OC(=O)O[C@@H]2[C@H]1C. The minimum Gasteiger partial charge on any atom is -0.427 e. The number of ether oxygens (including phenoxy) is 2. The molecule has 4 rings (SSSR count). The lowest BCUT2D eigenvalue weighted by atomic mass is 9.65. The average Bonchev–Trinajstić information content (AvgIpc) is 3.04. The first-order valence-corrected chi connectivity index (χ1v) is 10.1. The molecule has 3 nitrogen and oxygen atoms in total. The summed E-state index contributed by atoms with van der Waals surface area (Å²) in [5, 5.41) is 0. The normalized spacial score (nSPS) is 32.1. The van der Waals surface area contributed by atoms with Crippen molar-refractivity contribution in [2.75, 3.05) is 0 Å². The van der Waals surface area contributed by atoms with Gasteiger partial charge in [0.25, 0.3) is 0 Å². The molecule has 0 amide bonds. The summed E-state index contributed by atoms with van der Waals surface area (Å²) in [4.78, 5) is 12.2. The average molecular weight is 364 g/mol. The zero-order valence-corrected chi connectivity index (χ0v) is 16.6. The van der Waals surface area contributed by atoms with E-state index in [0.717, 1.165) is 12.8 Å². The van der Waals surface area contributed by atoms with Crippen LogP contribution in [0.3, 0.4) is 0 Å². The van der Waals surface area contributed by atoms with Crippen molar-refractivity contribution in [3.05, 3.63) is 70.8 Å². The number of hydrogen-bond acceptors (Lipinski definition) is 3. The fraction of sp³-hybridized carbons (Fsp3) is 0.458. The number of fused-ring (bicyclic) bond motifs is 2. The lowest BCUT2D eigenvalue weighted by molar-refractivity contribution is 0.0568. The Balaban J connectivity index is 2.07. The van der Waals surface area contributed by atoms with E-state index in [1.165, 1.54) is 22.3 Å². The molecule has 0 bridgehead atoms. The molecular weight excluding hydrogens is 336 g/mol. The Morgan fingerprint density at radius 1 is 0.963 bits per heavy atom. The number of aryl methyl sites for hydroxylation is 1. The van der Waals surface area contributed by atoms with Gasteiger partial charge >= 0.3 is 6.16 Å². The number of hydrogen-bond donors (Lipinski definition) is 0. The van der Waals surface area contributed by atoms with Crippen LogP contribution in [0.15, 0.2) is 48.5 Å². The van der Waals surface area contributed by atoms with E-state index in [-0.39, 0.29) is 18.1 Å². The molecule has 1 saturated heterocycles. The van der Waals surface area contributed by atoms with E-state index in [1.54, 1.807) is 0 Å². The zero-order valence-electron chi connectivity index (χ0n) is 16.6. The smallest absolute Gasteiger partial charge is 0.427 e. The molecule has 1 aliphatic heterocycles. The summed E-state index contributed by atoms with van der Waals surface area (Å²) in [6.07, 6.45) is 0.762. The second kappa shape index (κ2) is 6.70. The second-order valence-corrected chi connectivity index (χ2v) is 7.97. The van der Waals surface area contributed by atoms with Gasteiger partial charge in [-0.05, 0) is 47.9 Å². The lowest BCUT2D eigenvalue weighted by Gasteiger charge is -2.40. The lowest BCUT2D eigenvalue weighted by Crippen LogP contribution is -2.47. The van der Waals surface area contributed by atoms with Crippen molar-refractivity contribution < 1.29 is 14.3 Å². The molecule has 142 valence electrons. The van der Waals surface area contributed by atoms with E-state index in [1.807, 2.05) is 0 Å². The fourth-order valence-electron chi connectivity index (χ4n) is 5.57. The molecule has 1 aliphatic carbocycles. The molecule has 27 heavy (non-hydrogen) atoms. The van der Waals surface area contributed by atoms with Crippen LogP contribution in [0.5, 0.6) is 0 Å². The topological polar surface area (TPSA) is 35.5 Å². The van der Waals surface area contributed by atoms with Crippen molar-refractivity contribution in [2.45, 2.75) is 64.1 Å². The highest BCUT2D eigenvalue weighted by atomic mass is 16.8. The van der Waals surface area contributed by atoms with Crippen molar-refractivity contribution in [1.82, 2.24) is 0 Å². The van der Waals surface area contributed by atoms with Crippen molar-refractivity contribution in [2.24, 2.45) is 5.92 Å². The molecular formula is C24H28O3. The Labute approximate surface area is 161 Å². The van der Waals surface area contributed by atoms with Crippen LogP contribution in [0.4, 0.5) is 4.79 Å². The number of carbonyl (C=O) groups is 1. The zero-order chi connectivity index (χ0) is 19.2. The molecule has 0 N–H and O–H groups in total. The number of rotatable bonds is 3. The van der Waals surface area contributed by atoms with Crippen LogP contribution in [-0.4, -0.2) is 18.4 Å². The maximum atomic E-state index is 12.2. The van der Waals surface area contributed by atoms with Gasteiger partial charge in [-0.3, -0.25) is 0 Å². The predicted octanol–water partition coefficient (Wildman–Crippen LogP) is 5.74. The van der Waals surface area contributed by atoms with Crippen LogP contribution in [0.25, 0.3) is 0 Å². The minimum absolute atomic E-state index is 0.199. The van der Waals surface area contributed by atoms with E-state index < -0.39 is 11.6 Å². The summed E-state index contributed by atoms with van der Waals surface area (Å²) in [6.45, 7) is 8.77. The minimum atomic E-state index is -0.530. The van der Waals surface area contributed by atoms with Crippen molar-refractivity contribution >= 4 is 6.16 Å². The van der Waals surface area contributed by atoms with E-state index >= 15 is 0 Å². The molecule has 2 aromatic carbocycles. The fourth-order valence-corrected chi connectivity index (χ4v) is 5.57. The van der Waals surface area contributed by atoms with Gasteiger partial charge in [-0.1, -0.05) is 69.3 Å². The Bertz CT molecular complexity index is 858. The summed E-state index contributed by atoms with van der Waals surface area (Å²) in [5.41, 5.74) is 4.70. The van der Waals surface area contributed by atoms with E-state index in [2.05, 4.69) is 76.2 Å². The molecule has 0 saturated carbocycles. The van der Waals surface area contributed by atoms with Gasteiger partial charge in [-0.15, -0.1) is 0 Å². The van der Waals surface area contributed by atoms with Crippen LogP contribution in [0.2, 0.25) is 0 Å². The molecule has 0 radical (unpaired) electrons. The van der Waals surface area contributed by atoms with Gasteiger partial charge in [0.05, 0.1) is 5.41 Å². The second-order valence-electron chi connectivity index (χ2n) is 7.97. The van der Waals surface area contributed by atoms with Gasteiger partial charge in [-0.2, -0.15) is 0 Å². The van der Waals surface area contributed by atoms with E-state index in [0.29, 0.717) is 5.92 Å². The molecule has 0 unspecified atom stereocenters. The molecule has 1 fully saturated rings. The third-order valence-corrected chi connectivity index (χ3v) is 6.86. The van der Waals surface area contributed by atoms with Crippen molar-refractivity contribution in [3.63, 3.8) is 0 Å². The third-order valence-electron chi connectivity index (χ3n) is 6.86. The maximum absolute atomic E-state index is 12.2. The van der Waals surface area contributed by atoms with E-state index in [9.17, 15) is 4.79 Å². The largest absolute Gasteiger partial charge is 0.509 e. The van der Waals surface area contributed by atoms with Gasteiger partial charge in [0.1, 0.15) is 6.10 Å². The van der Waals surface area contributed by atoms with Crippen LogP contribution in [-0.2, 0) is 14.9 Å². The summed E-state index contributed by atoms with van der Waals surface area (Å²) in [7, 11) is 0. The monoisotopic (exact) mass is 364 g/mol. The summed E-state index contributed by atoms with van der Waals surface area (Å²) < 4.78 is 11.7. The molecule has 0 spiro atoms. The number of carbonyl (C=O) groups excluding carboxylic acids is 1. The highest BCUT2D eigenvalue weighted by Crippen LogP contribution is 2.53. The van der Waals surface area contributed by atoms with Crippen LogP contribution < -0.4 is 0 Å². The number of benzene rings is 2. The van der Waals surface area contributed by atoms with Crippen LogP contribution in [0, 0.1) is 12.8 Å². The summed E-state index contributed by atoms with van der Waals surface area (Å²) in [5.74, 6) is 0.533. The highest BCUT2D eigenvalue weighted by molar-refractivity contribution is 5.65. The van der Waals surface area contributed by atoms with Gasteiger partial charge in [0.15, 0.2) is 6.10 Å². The summed E-state index contributed by atoms with van der Waals surface area (Å²) >= 11 is 0. The van der Waals surface area contributed by atoms with Gasteiger partial charge < -0.3 is 9.47 Å². The highest BCUT2D eigenvalue weighted by Gasteiger charge is 2.58. The van der Waals surface area contributed by atoms with Gasteiger partial charge in [-0.25, -0.2) is 4.79 Å². The molecule has 2 aliphatic rings. The third kappa shape index (κ3) is 2.51. The van der Waals surface area contributed by atoms with Crippen molar-refractivity contribution in [1.29, 1.82) is 0 Å². The maximum Gasteiger partial charge on any atom is 0.509 e. The Morgan fingerprint density at radius 2 is 1.63 bits per heavy atom. The first-order valence-electron chi connectivity index (χ1n) is 10.1. The first-order chi connectivity index (χ1) is 13.0. The molecule has 0 aromatic heterocycles. The molecule has 3 heteroatoms. The molecule has 2 aromatic rings. The standard InChI is InChI=1S/C24H28O3/c1-5-17-16(4)21-22(27-23(25)26-21)24(6-2,19-13-9-7-11-15(19)3)20-14-10-8-12-18(17)20/h7-14,16-17,21-22H,5-6H2,1-4H3/t16-,17-,21+,22+,24+/m0/s1. The van der Waals surface area contributed by atoms with Gasteiger partial charge in [0, 0.05) is 5.92 Å². The summed E-state index contributed by atoms with van der Waals surface area (Å²) in [6, 6.07) is 17.2. The van der Waals surface area contributed by atoms with Gasteiger partial charge in [0.2, 0.25) is 0 Å².